The van der Waals surface area contributed by atoms with Gasteiger partial charge in [0.1, 0.15) is 0 Å². The fraction of sp³-hybridized carbons (Fsp3) is 0.500. The van der Waals surface area contributed by atoms with Gasteiger partial charge in [0, 0.05) is 24.5 Å². The van der Waals surface area contributed by atoms with Crippen molar-refractivity contribution in [3.8, 4) is 0 Å². The summed E-state index contributed by atoms with van der Waals surface area (Å²) >= 11 is 1.86. The molecular weight excluding hydrogens is 206 g/mol. The average molecular weight is 225 g/mol. The summed E-state index contributed by atoms with van der Waals surface area (Å²) in [4.78, 5) is 2.26. The summed E-state index contributed by atoms with van der Waals surface area (Å²) < 4.78 is 0. The second-order valence-electron chi connectivity index (χ2n) is 3.74. The van der Waals surface area contributed by atoms with Gasteiger partial charge in [-0.05, 0) is 30.9 Å². The van der Waals surface area contributed by atoms with E-state index in [1.165, 1.54) is 5.69 Å². The molecule has 1 rings (SSSR count). The van der Waals surface area contributed by atoms with Crippen LogP contribution in [0.25, 0.3) is 0 Å². The summed E-state index contributed by atoms with van der Waals surface area (Å²) in [6, 6.07) is 8.58. The van der Waals surface area contributed by atoms with Crippen molar-refractivity contribution >= 4 is 17.4 Å². The van der Waals surface area contributed by atoms with Gasteiger partial charge >= 0.3 is 0 Å². The molecule has 0 bridgehead atoms. The third-order valence-electron chi connectivity index (χ3n) is 2.60. The molecule has 0 amide bonds. The van der Waals surface area contributed by atoms with Crippen molar-refractivity contribution in [1.29, 1.82) is 0 Å². The lowest BCUT2D eigenvalue weighted by Gasteiger charge is -2.26. The number of anilines is 1. The number of hydrogen-bond donors (Lipinski definition) is 1. The number of aliphatic hydroxyl groups is 1. The van der Waals surface area contributed by atoms with Crippen molar-refractivity contribution in [3.63, 3.8) is 0 Å². The van der Waals surface area contributed by atoms with Crippen molar-refractivity contribution in [2.45, 2.75) is 19.6 Å². The van der Waals surface area contributed by atoms with Crippen LogP contribution in [-0.4, -0.2) is 30.2 Å². The van der Waals surface area contributed by atoms with Crippen LogP contribution in [0.2, 0.25) is 0 Å². The SMILES string of the molecule is CSCC(C)N(C)c1ccc(CO)cc1. The molecule has 1 unspecified atom stereocenters. The Morgan fingerprint density at radius 1 is 1.33 bits per heavy atom. The molecule has 1 aromatic carbocycles. The van der Waals surface area contributed by atoms with Gasteiger partial charge < -0.3 is 10.0 Å². The molecule has 1 N–H and O–H groups in total. The Morgan fingerprint density at radius 3 is 2.40 bits per heavy atom. The van der Waals surface area contributed by atoms with Gasteiger partial charge in [0.2, 0.25) is 0 Å². The van der Waals surface area contributed by atoms with E-state index in [-0.39, 0.29) is 6.61 Å². The normalized spacial score (nSPS) is 12.5. The minimum Gasteiger partial charge on any atom is -0.392 e. The second kappa shape index (κ2) is 6.03. The lowest BCUT2D eigenvalue weighted by Crippen LogP contribution is -2.30. The summed E-state index contributed by atoms with van der Waals surface area (Å²) in [5.41, 5.74) is 2.17. The molecule has 1 atom stereocenters. The first-order chi connectivity index (χ1) is 7.19. The molecule has 0 saturated carbocycles. The first kappa shape index (κ1) is 12.4. The molecule has 3 heteroatoms. The molecule has 0 fully saturated rings. The average Bonchev–Trinajstić information content (AvgIpc) is 2.28. The minimum absolute atomic E-state index is 0.115. The Bertz CT molecular complexity index is 286. The molecule has 1 aromatic rings. The van der Waals surface area contributed by atoms with Crippen LogP contribution in [0.3, 0.4) is 0 Å². The molecule has 0 radical (unpaired) electrons. The van der Waals surface area contributed by atoms with E-state index in [4.69, 9.17) is 5.11 Å². The summed E-state index contributed by atoms with van der Waals surface area (Å²) in [5.74, 6) is 1.12. The number of nitrogens with zero attached hydrogens (tertiary/aromatic N) is 1. The quantitative estimate of drug-likeness (QED) is 0.832. The summed E-state index contributed by atoms with van der Waals surface area (Å²) in [7, 11) is 2.11. The van der Waals surface area contributed by atoms with Gasteiger partial charge in [-0.3, -0.25) is 0 Å². The van der Waals surface area contributed by atoms with Gasteiger partial charge in [0.15, 0.2) is 0 Å². The summed E-state index contributed by atoms with van der Waals surface area (Å²) in [6.45, 7) is 2.33. The molecule has 0 spiro atoms. The largest absolute Gasteiger partial charge is 0.392 e. The number of aliphatic hydroxyl groups excluding tert-OH is 1. The Morgan fingerprint density at radius 2 is 1.93 bits per heavy atom. The first-order valence-corrected chi connectivity index (χ1v) is 6.50. The van der Waals surface area contributed by atoms with Crippen molar-refractivity contribution in [1.82, 2.24) is 0 Å². The van der Waals surface area contributed by atoms with Gasteiger partial charge in [-0.15, -0.1) is 0 Å². The van der Waals surface area contributed by atoms with Crippen LogP contribution < -0.4 is 4.90 Å². The summed E-state index contributed by atoms with van der Waals surface area (Å²) in [6.07, 6.45) is 2.12. The van der Waals surface area contributed by atoms with Crippen molar-refractivity contribution in [2.75, 3.05) is 24.0 Å². The number of rotatable bonds is 5. The Balaban J connectivity index is 2.69. The predicted molar refractivity (Wildman–Crippen MR) is 68.6 cm³/mol. The fourth-order valence-electron chi connectivity index (χ4n) is 1.44. The predicted octanol–water partition coefficient (Wildman–Crippen LogP) is 2.37. The van der Waals surface area contributed by atoms with E-state index in [0.717, 1.165) is 11.3 Å². The molecular formula is C12H19NOS. The zero-order chi connectivity index (χ0) is 11.3. The third kappa shape index (κ3) is 3.43. The van der Waals surface area contributed by atoms with Gasteiger partial charge in [0.25, 0.3) is 0 Å². The van der Waals surface area contributed by atoms with Crippen LogP contribution in [-0.2, 0) is 6.61 Å². The molecule has 0 saturated heterocycles. The highest BCUT2D eigenvalue weighted by molar-refractivity contribution is 7.98. The van der Waals surface area contributed by atoms with E-state index in [9.17, 15) is 0 Å². The zero-order valence-electron chi connectivity index (χ0n) is 9.60. The van der Waals surface area contributed by atoms with E-state index in [1.807, 2.05) is 23.9 Å². The second-order valence-corrected chi connectivity index (χ2v) is 4.65. The van der Waals surface area contributed by atoms with Crippen LogP contribution in [0.1, 0.15) is 12.5 Å². The molecule has 0 aromatic heterocycles. The number of hydrogen-bond acceptors (Lipinski definition) is 3. The molecule has 0 aliphatic carbocycles. The number of thioether (sulfide) groups is 1. The maximum Gasteiger partial charge on any atom is 0.0681 e. The van der Waals surface area contributed by atoms with Gasteiger partial charge in [-0.1, -0.05) is 12.1 Å². The minimum atomic E-state index is 0.115. The fourth-order valence-corrected chi connectivity index (χ4v) is 2.15. The van der Waals surface area contributed by atoms with E-state index in [2.05, 4.69) is 37.3 Å². The summed E-state index contributed by atoms with van der Waals surface area (Å²) in [5, 5.41) is 8.94. The lowest BCUT2D eigenvalue weighted by molar-refractivity contribution is 0.282. The van der Waals surface area contributed by atoms with Crippen LogP contribution in [0.4, 0.5) is 5.69 Å². The lowest BCUT2D eigenvalue weighted by atomic mass is 10.2. The maximum atomic E-state index is 8.94. The highest BCUT2D eigenvalue weighted by atomic mass is 32.2. The van der Waals surface area contributed by atoms with E-state index < -0.39 is 0 Å². The van der Waals surface area contributed by atoms with Gasteiger partial charge in [-0.2, -0.15) is 11.8 Å². The smallest absolute Gasteiger partial charge is 0.0681 e. The van der Waals surface area contributed by atoms with Crippen molar-refractivity contribution < 1.29 is 5.11 Å². The van der Waals surface area contributed by atoms with Crippen LogP contribution in [0.5, 0.6) is 0 Å². The highest BCUT2D eigenvalue weighted by Crippen LogP contribution is 2.17. The molecule has 15 heavy (non-hydrogen) atoms. The van der Waals surface area contributed by atoms with Crippen molar-refractivity contribution in [3.05, 3.63) is 29.8 Å². The van der Waals surface area contributed by atoms with E-state index in [0.29, 0.717) is 6.04 Å². The van der Waals surface area contributed by atoms with E-state index >= 15 is 0 Å². The van der Waals surface area contributed by atoms with Crippen LogP contribution >= 0.6 is 11.8 Å². The Hall–Kier alpha value is -0.670. The molecule has 2 nitrogen and oxygen atoms in total. The Kier molecular flexibility index (Phi) is 4.99. The van der Waals surface area contributed by atoms with E-state index in [1.54, 1.807) is 0 Å². The highest BCUT2D eigenvalue weighted by Gasteiger charge is 2.08. The maximum absolute atomic E-state index is 8.94. The van der Waals surface area contributed by atoms with Gasteiger partial charge in [0.05, 0.1) is 6.61 Å². The number of benzene rings is 1. The molecule has 0 aliphatic rings. The topological polar surface area (TPSA) is 23.5 Å². The van der Waals surface area contributed by atoms with Crippen LogP contribution in [0.15, 0.2) is 24.3 Å². The monoisotopic (exact) mass is 225 g/mol. The van der Waals surface area contributed by atoms with Gasteiger partial charge in [-0.25, -0.2) is 0 Å². The third-order valence-corrected chi connectivity index (χ3v) is 3.41. The Labute approximate surface area is 96.3 Å². The molecule has 0 heterocycles. The standard InChI is InChI=1S/C12H19NOS/c1-10(9-15-3)13(2)12-6-4-11(8-14)5-7-12/h4-7,10,14H,8-9H2,1-3H3. The zero-order valence-corrected chi connectivity index (χ0v) is 10.4. The first-order valence-electron chi connectivity index (χ1n) is 5.10. The molecule has 0 aliphatic heterocycles. The van der Waals surface area contributed by atoms with Crippen LogP contribution in [0, 0.1) is 0 Å². The molecule has 84 valence electrons. The van der Waals surface area contributed by atoms with Crippen molar-refractivity contribution in [2.24, 2.45) is 0 Å².